The predicted molar refractivity (Wildman–Crippen MR) is 99.5 cm³/mol. The van der Waals surface area contributed by atoms with Crippen LogP contribution in [0.4, 0.5) is 10.5 Å². The number of aliphatic carboxylic acids is 1. The lowest BCUT2D eigenvalue weighted by molar-refractivity contribution is -0.131. The lowest BCUT2D eigenvalue weighted by Gasteiger charge is -2.22. The molecule has 1 aliphatic heterocycles. The van der Waals surface area contributed by atoms with Gasteiger partial charge in [0.2, 0.25) is 6.79 Å². The normalized spacial score (nSPS) is 14.5. The molecule has 0 aliphatic carbocycles. The van der Waals surface area contributed by atoms with Crippen LogP contribution >= 0.6 is 0 Å². The quantitative estimate of drug-likeness (QED) is 0.650. The van der Waals surface area contributed by atoms with Gasteiger partial charge in [-0.15, -0.1) is 0 Å². The lowest BCUT2D eigenvalue weighted by atomic mass is 9.96. The second-order valence-corrected chi connectivity index (χ2v) is 6.17. The maximum absolute atomic E-state index is 12.4. The summed E-state index contributed by atoms with van der Waals surface area (Å²) in [7, 11) is 0. The Kier molecular flexibility index (Phi) is 5.69. The van der Waals surface area contributed by atoms with Gasteiger partial charge in [-0.2, -0.15) is 0 Å². The number of hydrogen-bond acceptors (Lipinski definition) is 6. The van der Waals surface area contributed by atoms with Gasteiger partial charge in [0.15, 0.2) is 11.5 Å². The first-order valence-corrected chi connectivity index (χ1v) is 8.49. The van der Waals surface area contributed by atoms with Crippen molar-refractivity contribution in [1.29, 1.82) is 0 Å². The molecule has 0 radical (unpaired) electrons. The van der Waals surface area contributed by atoms with Crippen LogP contribution in [-0.2, 0) is 9.53 Å². The van der Waals surface area contributed by atoms with Gasteiger partial charge < -0.3 is 24.4 Å². The molecule has 1 heterocycles. The van der Waals surface area contributed by atoms with Gasteiger partial charge in [-0.1, -0.05) is 25.1 Å². The van der Waals surface area contributed by atoms with E-state index in [0.717, 1.165) is 6.08 Å². The molecule has 28 heavy (non-hydrogen) atoms. The molecule has 0 aromatic heterocycles. The molecule has 0 unspecified atom stereocenters. The summed E-state index contributed by atoms with van der Waals surface area (Å²) in [6.07, 6.45) is 0.961. The van der Waals surface area contributed by atoms with Crippen molar-refractivity contribution in [3.05, 3.63) is 60.2 Å². The summed E-state index contributed by atoms with van der Waals surface area (Å²) < 4.78 is 16.0. The molecule has 0 bridgehead atoms. The number of fused-ring (bicyclic) bond motifs is 1. The number of ether oxygens (including phenoxy) is 3. The minimum absolute atomic E-state index is 0.0704. The average molecular weight is 385 g/mol. The van der Waals surface area contributed by atoms with Crippen molar-refractivity contribution in [2.45, 2.75) is 13.0 Å². The summed E-state index contributed by atoms with van der Waals surface area (Å²) in [6, 6.07) is 11.1. The SMILES string of the molecule is C[C@@H](/C=C/C(=O)O)[C@H](OC(=O)Nc1ccc2c(c1)OCO2)c1ccc(O)cc1. The van der Waals surface area contributed by atoms with Gasteiger partial charge in [0.05, 0.1) is 0 Å². The van der Waals surface area contributed by atoms with Crippen molar-refractivity contribution < 1.29 is 34.0 Å². The molecule has 0 saturated carbocycles. The van der Waals surface area contributed by atoms with E-state index in [4.69, 9.17) is 19.3 Å². The van der Waals surface area contributed by atoms with Crippen LogP contribution in [0.25, 0.3) is 0 Å². The van der Waals surface area contributed by atoms with Gasteiger partial charge >= 0.3 is 12.1 Å². The van der Waals surface area contributed by atoms with Crippen LogP contribution in [0, 0.1) is 5.92 Å². The highest BCUT2D eigenvalue weighted by molar-refractivity contribution is 5.85. The number of carbonyl (C=O) groups excluding carboxylic acids is 1. The number of anilines is 1. The molecular weight excluding hydrogens is 366 g/mol. The molecular formula is C20H19NO7. The topological polar surface area (TPSA) is 114 Å². The molecule has 146 valence electrons. The molecule has 3 rings (SSSR count). The first-order valence-electron chi connectivity index (χ1n) is 8.49. The minimum Gasteiger partial charge on any atom is -0.508 e. The lowest BCUT2D eigenvalue weighted by Crippen LogP contribution is -2.21. The fourth-order valence-electron chi connectivity index (χ4n) is 2.71. The third kappa shape index (κ3) is 4.73. The average Bonchev–Trinajstić information content (AvgIpc) is 3.13. The standard InChI is InChI=1S/C20H19NO7/c1-12(2-9-18(23)24)19(13-3-6-15(22)7-4-13)28-20(25)21-14-5-8-16-17(10-14)27-11-26-16/h2-10,12,19,22H,11H2,1H3,(H,21,25)(H,23,24)/b9-2+/t12-,19-/m0/s1. The number of benzene rings is 2. The maximum Gasteiger partial charge on any atom is 0.412 e. The Morgan fingerprint density at radius 3 is 2.57 bits per heavy atom. The molecule has 0 spiro atoms. The summed E-state index contributed by atoms with van der Waals surface area (Å²) in [6.45, 7) is 1.85. The second kappa shape index (κ2) is 8.34. The monoisotopic (exact) mass is 385 g/mol. The molecule has 0 saturated heterocycles. The second-order valence-electron chi connectivity index (χ2n) is 6.17. The first-order chi connectivity index (χ1) is 13.4. The van der Waals surface area contributed by atoms with Crippen molar-refractivity contribution in [2.75, 3.05) is 12.1 Å². The van der Waals surface area contributed by atoms with Gasteiger partial charge in [0.25, 0.3) is 0 Å². The number of nitrogens with one attached hydrogen (secondary N) is 1. The van der Waals surface area contributed by atoms with Crippen LogP contribution in [0.1, 0.15) is 18.6 Å². The fourth-order valence-corrected chi connectivity index (χ4v) is 2.71. The number of amides is 1. The Bertz CT molecular complexity index is 892. The molecule has 3 N–H and O–H groups in total. The number of aromatic hydroxyl groups is 1. The number of phenolic OH excluding ortho intramolecular Hbond substituents is 1. The van der Waals surface area contributed by atoms with Crippen molar-refractivity contribution in [3.8, 4) is 17.2 Å². The largest absolute Gasteiger partial charge is 0.508 e. The Morgan fingerprint density at radius 2 is 1.86 bits per heavy atom. The first kappa shape index (κ1) is 19.1. The molecule has 1 amide bonds. The fraction of sp³-hybridized carbons (Fsp3) is 0.200. The third-order valence-corrected chi connectivity index (χ3v) is 4.09. The summed E-state index contributed by atoms with van der Waals surface area (Å²) >= 11 is 0. The van der Waals surface area contributed by atoms with E-state index in [0.29, 0.717) is 22.7 Å². The van der Waals surface area contributed by atoms with Crippen LogP contribution in [0.15, 0.2) is 54.6 Å². The van der Waals surface area contributed by atoms with Crippen LogP contribution in [0.2, 0.25) is 0 Å². The third-order valence-electron chi connectivity index (χ3n) is 4.09. The summed E-state index contributed by atoms with van der Waals surface area (Å²) in [4.78, 5) is 23.2. The summed E-state index contributed by atoms with van der Waals surface area (Å²) in [5, 5.41) is 20.9. The van der Waals surface area contributed by atoms with Crippen LogP contribution in [0.3, 0.4) is 0 Å². The van der Waals surface area contributed by atoms with Crippen molar-refractivity contribution in [1.82, 2.24) is 0 Å². The van der Waals surface area contributed by atoms with Crippen LogP contribution < -0.4 is 14.8 Å². The van der Waals surface area contributed by atoms with Gasteiger partial charge in [0.1, 0.15) is 11.9 Å². The van der Waals surface area contributed by atoms with Crippen LogP contribution in [-0.4, -0.2) is 29.1 Å². The number of carboxylic acids is 1. The Labute approximate surface area is 161 Å². The highest BCUT2D eigenvalue weighted by Gasteiger charge is 2.23. The zero-order valence-corrected chi connectivity index (χ0v) is 15.0. The molecule has 8 heteroatoms. The van der Waals surface area contributed by atoms with Gasteiger partial charge in [-0.3, -0.25) is 5.32 Å². The van der Waals surface area contributed by atoms with E-state index in [1.165, 1.54) is 18.2 Å². The number of phenols is 1. The van der Waals surface area contributed by atoms with E-state index < -0.39 is 24.1 Å². The summed E-state index contributed by atoms with van der Waals surface area (Å²) in [5.41, 5.74) is 1.08. The van der Waals surface area contributed by atoms with E-state index in [9.17, 15) is 14.7 Å². The number of carboxylic acid groups (broad SMARTS) is 1. The van der Waals surface area contributed by atoms with E-state index >= 15 is 0 Å². The zero-order valence-electron chi connectivity index (χ0n) is 15.0. The highest BCUT2D eigenvalue weighted by Crippen LogP contribution is 2.34. The molecule has 0 fully saturated rings. The molecule has 2 aromatic carbocycles. The van der Waals surface area contributed by atoms with E-state index in [-0.39, 0.29) is 12.5 Å². The van der Waals surface area contributed by atoms with E-state index in [1.54, 1.807) is 37.3 Å². The maximum atomic E-state index is 12.4. The van der Waals surface area contributed by atoms with Gasteiger partial charge in [0, 0.05) is 23.7 Å². The van der Waals surface area contributed by atoms with Crippen molar-refractivity contribution in [2.24, 2.45) is 5.92 Å². The van der Waals surface area contributed by atoms with E-state index in [1.807, 2.05) is 0 Å². The predicted octanol–water partition coefficient (Wildman–Crippen LogP) is 3.69. The number of rotatable bonds is 6. The van der Waals surface area contributed by atoms with Crippen molar-refractivity contribution >= 4 is 17.7 Å². The molecule has 2 atom stereocenters. The Balaban J connectivity index is 1.75. The molecule has 1 aliphatic rings. The number of hydrogen-bond donors (Lipinski definition) is 3. The van der Waals surface area contributed by atoms with Gasteiger partial charge in [-0.25, -0.2) is 9.59 Å². The van der Waals surface area contributed by atoms with Crippen LogP contribution in [0.5, 0.6) is 17.2 Å². The number of carbonyl (C=O) groups is 2. The zero-order chi connectivity index (χ0) is 20.1. The minimum atomic E-state index is -1.10. The van der Waals surface area contributed by atoms with E-state index in [2.05, 4.69) is 5.32 Å². The molecule has 2 aromatic rings. The molecule has 8 nitrogen and oxygen atoms in total. The van der Waals surface area contributed by atoms with Gasteiger partial charge in [-0.05, 0) is 29.8 Å². The highest BCUT2D eigenvalue weighted by atomic mass is 16.7. The Morgan fingerprint density at radius 1 is 1.14 bits per heavy atom. The van der Waals surface area contributed by atoms with Crippen molar-refractivity contribution in [3.63, 3.8) is 0 Å². The smallest absolute Gasteiger partial charge is 0.412 e. The Hall–Kier alpha value is -3.68. The summed E-state index contributed by atoms with van der Waals surface area (Å²) in [5.74, 6) is -0.343.